The first-order valence-corrected chi connectivity index (χ1v) is 8.67. The van der Waals surface area contributed by atoms with Crippen LogP contribution in [0.4, 0.5) is 0 Å². The number of carbonyl (C=O) groups is 3. The average molecular weight is 329 g/mol. The molecule has 1 aromatic heterocycles. The summed E-state index contributed by atoms with van der Waals surface area (Å²) in [7, 11) is 0. The molecule has 128 valence electrons. The van der Waals surface area contributed by atoms with Gasteiger partial charge >= 0.3 is 0 Å². The van der Waals surface area contributed by atoms with Gasteiger partial charge in [-0.05, 0) is 30.9 Å². The van der Waals surface area contributed by atoms with E-state index in [-0.39, 0.29) is 42.5 Å². The standard InChI is InChI=1S/C18H23N3O3/c22-16(20-10-7-13-4-3-9-19-12-13)8-11-21-17(23)14-5-1-2-6-15(14)18(21)24/h3-4,9,12,14-15H,1-2,5-8,10-11H2,(H,20,22)/t14-,15-/m0/s1. The molecule has 1 aliphatic carbocycles. The molecule has 2 aliphatic rings. The average Bonchev–Trinajstić information content (AvgIpc) is 2.85. The van der Waals surface area contributed by atoms with Gasteiger partial charge in [-0.15, -0.1) is 0 Å². The van der Waals surface area contributed by atoms with E-state index in [1.54, 1.807) is 12.4 Å². The van der Waals surface area contributed by atoms with Crippen molar-refractivity contribution in [1.82, 2.24) is 15.2 Å². The lowest BCUT2D eigenvalue weighted by Crippen LogP contribution is -2.35. The highest BCUT2D eigenvalue weighted by Gasteiger charge is 2.47. The van der Waals surface area contributed by atoms with Crippen LogP contribution in [0, 0.1) is 11.8 Å². The minimum atomic E-state index is -0.139. The topological polar surface area (TPSA) is 79.4 Å². The van der Waals surface area contributed by atoms with E-state index in [0.29, 0.717) is 13.0 Å². The summed E-state index contributed by atoms with van der Waals surface area (Å²) >= 11 is 0. The molecule has 0 radical (unpaired) electrons. The molecule has 1 saturated heterocycles. The van der Waals surface area contributed by atoms with E-state index in [1.165, 1.54) is 4.90 Å². The van der Waals surface area contributed by atoms with E-state index >= 15 is 0 Å². The minimum absolute atomic E-state index is 0.0761. The second-order valence-corrected chi connectivity index (χ2v) is 6.54. The number of likely N-dealkylation sites (tertiary alicyclic amines) is 1. The molecule has 1 aliphatic heterocycles. The highest BCUT2D eigenvalue weighted by Crippen LogP contribution is 2.37. The SMILES string of the molecule is O=C(CCN1C(=O)[C@H]2CCCC[C@@H]2C1=O)NCCc1cccnc1. The number of rotatable bonds is 6. The van der Waals surface area contributed by atoms with E-state index in [1.807, 2.05) is 12.1 Å². The van der Waals surface area contributed by atoms with Gasteiger partial charge in [0.1, 0.15) is 0 Å². The Bertz CT molecular complexity index is 593. The predicted octanol–water partition coefficient (Wildman–Crippen LogP) is 1.31. The fourth-order valence-electron chi connectivity index (χ4n) is 3.65. The third-order valence-corrected chi connectivity index (χ3v) is 4.95. The van der Waals surface area contributed by atoms with Gasteiger partial charge in [-0.1, -0.05) is 18.9 Å². The van der Waals surface area contributed by atoms with Gasteiger partial charge in [0.15, 0.2) is 0 Å². The van der Waals surface area contributed by atoms with Crippen molar-refractivity contribution in [1.29, 1.82) is 0 Å². The van der Waals surface area contributed by atoms with Gasteiger partial charge < -0.3 is 5.32 Å². The Labute approximate surface area is 141 Å². The van der Waals surface area contributed by atoms with Gasteiger partial charge in [0.2, 0.25) is 17.7 Å². The predicted molar refractivity (Wildman–Crippen MR) is 87.7 cm³/mol. The van der Waals surface area contributed by atoms with Crippen LogP contribution in [-0.4, -0.2) is 40.7 Å². The number of carbonyl (C=O) groups excluding carboxylic acids is 3. The number of fused-ring (bicyclic) bond motifs is 1. The fourth-order valence-corrected chi connectivity index (χ4v) is 3.65. The number of hydrogen-bond donors (Lipinski definition) is 1. The maximum Gasteiger partial charge on any atom is 0.233 e. The van der Waals surface area contributed by atoms with Crippen LogP contribution in [0.3, 0.4) is 0 Å². The van der Waals surface area contributed by atoms with Crippen LogP contribution < -0.4 is 5.32 Å². The van der Waals surface area contributed by atoms with Gasteiger partial charge in [0.25, 0.3) is 0 Å². The zero-order valence-electron chi connectivity index (χ0n) is 13.7. The fraction of sp³-hybridized carbons (Fsp3) is 0.556. The Balaban J connectivity index is 1.42. The zero-order valence-corrected chi connectivity index (χ0v) is 13.7. The monoisotopic (exact) mass is 329 g/mol. The minimum Gasteiger partial charge on any atom is -0.356 e. The molecule has 3 amide bonds. The third kappa shape index (κ3) is 3.63. The molecule has 2 atom stereocenters. The molecule has 1 saturated carbocycles. The van der Waals surface area contributed by atoms with Crippen molar-refractivity contribution < 1.29 is 14.4 Å². The highest BCUT2D eigenvalue weighted by molar-refractivity contribution is 6.05. The zero-order chi connectivity index (χ0) is 16.9. The van der Waals surface area contributed by atoms with Gasteiger partial charge in [0, 0.05) is 31.9 Å². The molecule has 0 spiro atoms. The third-order valence-electron chi connectivity index (χ3n) is 4.95. The molecule has 6 nitrogen and oxygen atoms in total. The molecule has 1 aromatic rings. The second-order valence-electron chi connectivity index (χ2n) is 6.54. The summed E-state index contributed by atoms with van der Waals surface area (Å²) in [5.74, 6) is -0.560. The first kappa shape index (κ1) is 16.6. The van der Waals surface area contributed by atoms with Gasteiger partial charge in [0.05, 0.1) is 11.8 Å². The molecule has 0 unspecified atom stereocenters. The normalized spacial score (nSPS) is 23.2. The number of imide groups is 1. The lowest BCUT2D eigenvalue weighted by atomic mass is 9.81. The van der Waals surface area contributed by atoms with Crippen molar-refractivity contribution in [2.24, 2.45) is 11.8 Å². The Kier molecular flexibility index (Phi) is 5.23. The number of hydrogen-bond acceptors (Lipinski definition) is 4. The highest BCUT2D eigenvalue weighted by atomic mass is 16.2. The molecule has 6 heteroatoms. The number of aromatic nitrogens is 1. The lowest BCUT2D eigenvalue weighted by molar-refractivity contribution is -0.140. The maximum atomic E-state index is 12.3. The molecular formula is C18H23N3O3. The van der Waals surface area contributed by atoms with E-state index in [4.69, 9.17) is 0 Å². The van der Waals surface area contributed by atoms with Crippen LogP contribution in [0.1, 0.15) is 37.7 Å². The first-order chi connectivity index (χ1) is 11.7. The number of pyridine rings is 1. The number of nitrogens with one attached hydrogen (secondary N) is 1. The first-order valence-electron chi connectivity index (χ1n) is 8.67. The molecule has 2 heterocycles. The van der Waals surface area contributed by atoms with Crippen molar-refractivity contribution in [3.8, 4) is 0 Å². The van der Waals surface area contributed by atoms with Gasteiger partial charge in [-0.2, -0.15) is 0 Å². The van der Waals surface area contributed by atoms with Gasteiger partial charge in [-0.3, -0.25) is 24.3 Å². The van der Waals surface area contributed by atoms with Crippen molar-refractivity contribution in [3.05, 3.63) is 30.1 Å². The lowest BCUT2D eigenvalue weighted by Gasteiger charge is -2.19. The van der Waals surface area contributed by atoms with E-state index in [0.717, 1.165) is 31.2 Å². The molecule has 3 rings (SSSR count). The van der Waals surface area contributed by atoms with E-state index in [9.17, 15) is 14.4 Å². The Morgan fingerprint density at radius 1 is 1.21 bits per heavy atom. The van der Waals surface area contributed by atoms with Crippen LogP contribution in [0.15, 0.2) is 24.5 Å². The second kappa shape index (κ2) is 7.55. The molecule has 1 N–H and O–H groups in total. The Hall–Kier alpha value is -2.24. The van der Waals surface area contributed by atoms with Crippen molar-refractivity contribution in [2.45, 2.75) is 38.5 Å². The summed E-state index contributed by atoms with van der Waals surface area (Å²) in [6.45, 7) is 0.723. The summed E-state index contributed by atoms with van der Waals surface area (Å²) in [5.41, 5.74) is 1.06. The molecular weight excluding hydrogens is 306 g/mol. The summed E-state index contributed by atoms with van der Waals surface area (Å²) in [4.78, 5) is 41.9. The van der Waals surface area contributed by atoms with Crippen molar-refractivity contribution in [2.75, 3.05) is 13.1 Å². The molecule has 24 heavy (non-hydrogen) atoms. The Morgan fingerprint density at radius 3 is 2.54 bits per heavy atom. The number of nitrogens with zero attached hydrogens (tertiary/aromatic N) is 2. The summed E-state index contributed by atoms with van der Waals surface area (Å²) in [5, 5.41) is 2.83. The van der Waals surface area contributed by atoms with Crippen molar-refractivity contribution >= 4 is 17.7 Å². The smallest absolute Gasteiger partial charge is 0.233 e. The quantitative estimate of drug-likeness (QED) is 0.798. The van der Waals surface area contributed by atoms with E-state index < -0.39 is 0 Å². The van der Waals surface area contributed by atoms with Crippen LogP contribution in [0.2, 0.25) is 0 Å². The van der Waals surface area contributed by atoms with Crippen LogP contribution in [0.5, 0.6) is 0 Å². The van der Waals surface area contributed by atoms with Crippen LogP contribution in [-0.2, 0) is 20.8 Å². The van der Waals surface area contributed by atoms with E-state index in [2.05, 4.69) is 10.3 Å². The maximum absolute atomic E-state index is 12.3. The summed E-state index contributed by atoms with van der Waals surface area (Å²) in [6.07, 6.45) is 8.02. The summed E-state index contributed by atoms with van der Waals surface area (Å²) in [6, 6.07) is 3.82. The Morgan fingerprint density at radius 2 is 1.92 bits per heavy atom. The molecule has 0 bridgehead atoms. The molecule has 0 aromatic carbocycles. The van der Waals surface area contributed by atoms with Crippen LogP contribution >= 0.6 is 0 Å². The largest absolute Gasteiger partial charge is 0.356 e. The van der Waals surface area contributed by atoms with Crippen molar-refractivity contribution in [3.63, 3.8) is 0 Å². The molecule has 2 fully saturated rings. The summed E-state index contributed by atoms with van der Waals surface area (Å²) < 4.78 is 0. The van der Waals surface area contributed by atoms with Crippen LogP contribution in [0.25, 0.3) is 0 Å². The van der Waals surface area contributed by atoms with Gasteiger partial charge in [-0.25, -0.2) is 0 Å². The number of amides is 3.